The third-order valence-electron chi connectivity index (χ3n) is 3.99. The number of hydrogen-bond acceptors (Lipinski definition) is 3. The largest absolute Gasteiger partial charge is 0.433 e. The maximum atomic E-state index is 11.2. The van der Waals surface area contributed by atoms with Crippen LogP contribution in [0.25, 0.3) is 0 Å². The molecule has 0 fully saturated rings. The number of rotatable bonds is 3. The van der Waals surface area contributed by atoms with Crippen molar-refractivity contribution in [3.05, 3.63) is 69.7 Å². The van der Waals surface area contributed by atoms with Crippen molar-refractivity contribution in [1.82, 2.24) is 5.32 Å². The number of halogens is 1. The highest BCUT2D eigenvalue weighted by Crippen LogP contribution is 2.36. The molecule has 0 aromatic heterocycles. The molecule has 118 valence electrons. The Balaban J connectivity index is 1.83. The molecule has 0 radical (unpaired) electrons. The van der Waals surface area contributed by atoms with Crippen LogP contribution in [0.4, 0.5) is 4.79 Å². The van der Waals surface area contributed by atoms with Crippen molar-refractivity contribution in [2.24, 2.45) is 5.16 Å². The fraction of sp³-hybridized carbons (Fsp3) is 0.222. The van der Waals surface area contributed by atoms with Gasteiger partial charge >= 0.3 is 6.09 Å². The summed E-state index contributed by atoms with van der Waals surface area (Å²) in [5.41, 5.74) is 4.43. The number of nitrogens with zero attached hydrogens (tertiary/aromatic N) is 1. The zero-order chi connectivity index (χ0) is 16.2. The van der Waals surface area contributed by atoms with E-state index in [1.807, 2.05) is 18.2 Å². The van der Waals surface area contributed by atoms with E-state index in [1.54, 1.807) is 0 Å². The second-order valence-electron chi connectivity index (χ2n) is 5.49. The average Bonchev–Trinajstić information content (AvgIpc) is 2.93. The summed E-state index contributed by atoms with van der Waals surface area (Å²) >= 11 is 3.46. The van der Waals surface area contributed by atoms with E-state index in [-0.39, 0.29) is 0 Å². The average molecular weight is 373 g/mol. The second kappa shape index (κ2) is 6.96. The van der Waals surface area contributed by atoms with E-state index in [4.69, 9.17) is 4.84 Å². The van der Waals surface area contributed by atoms with Crippen LogP contribution in [0.1, 0.15) is 29.0 Å². The van der Waals surface area contributed by atoms with Gasteiger partial charge in [-0.3, -0.25) is 4.84 Å². The van der Waals surface area contributed by atoms with Crippen LogP contribution in [0, 0.1) is 0 Å². The topological polar surface area (TPSA) is 50.7 Å². The molecular formula is C18H17BrN2O2. The lowest BCUT2D eigenvalue weighted by molar-refractivity contribution is 0.153. The molecule has 1 aliphatic rings. The molecular weight excluding hydrogens is 356 g/mol. The molecule has 3 rings (SSSR count). The van der Waals surface area contributed by atoms with Gasteiger partial charge in [-0.1, -0.05) is 57.5 Å². The summed E-state index contributed by atoms with van der Waals surface area (Å²) in [6.45, 7) is 0. The first-order valence-electron chi connectivity index (χ1n) is 7.46. The molecule has 0 spiro atoms. The predicted octanol–water partition coefficient (Wildman–Crippen LogP) is 4.24. The fourth-order valence-electron chi connectivity index (χ4n) is 2.88. The Hall–Kier alpha value is -2.14. The van der Waals surface area contributed by atoms with E-state index in [1.165, 1.54) is 18.2 Å². The molecule has 0 saturated carbocycles. The zero-order valence-electron chi connectivity index (χ0n) is 12.8. The summed E-state index contributed by atoms with van der Waals surface area (Å²) in [5, 5.41) is 6.43. The van der Waals surface area contributed by atoms with Crippen LogP contribution in [0.5, 0.6) is 0 Å². The van der Waals surface area contributed by atoms with Crippen molar-refractivity contribution < 1.29 is 9.63 Å². The van der Waals surface area contributed by atoms with Crippen LogP contribution in [0.15, 0.2) is 58.2 Å². The van der Waals surface area contributed by atoms with E-state index >= 15 is 0 Å². The first kappa shape index (κ1) is 15.7. The second-order valence-corrected chi connectivity index (χ2v) is 6.40. The van der Waals surface area contributed by atoms with E-state index < -0.39 is 6.09 Å². The monoisotopic (exact) mass is 372 g/mol. The van der Waals surface area contributed by atoms with Crippen LogP contribution in [-0.2, 0) is 11.3 Å². The molecule has 4 nitrogen and oxygen atoms in total. The lowest BCUT2D eigenvalue weighted by Gasteiger charge is -2.11. The van der Waals surface area contributed by atoms with Crippen LogP contribution in [-0.4, -0.2) is 18.9 Å². The van der Waals surface area contributed by atoms with E-state index in [9.17, 15) is 4.79 Å². The van der Waals surface area contributed by atoms with Crippen LogP contribution < -0.4 is 5.32 Å². The Labute approximate surface area is 143 Å². The quantitative estimate of drug-likeness (QED) is 0.646. The number of fused-ring (bicyclic) bond motifs is 1. The maximum absolute atomic E-state index is 11.2. The minimum absolute atomic E-state index is 0.347. The molecule has 1 unspecified atom stereocenters. The van der Waals surface area contributed by atoms with Crippen molar-refractivity contribution in [2.75, 3.05) is 7.05 Å². The van der Waals surface area contributed by atoms with Crippen LogP contribution in [0.2, 0.25) is 0 Å². The summed E-state index contributed by atoms with van der Waals surface area (Å²) in [6, 6.07) is 16.5. The van der Waals surface area contributed by atoms with Gasteiger partial charge in [-0.25, -0.2) is 4.79 Å². The Morgan fingerprint density at radius 2 is 2.00 bits per heavy atom. The Kier molecular flexibility index (Phi) is 4.76. The number of carbonyl (C=O) groups is 1. The number of hydrogen-bond donors (Lipinski definition) is 1. The maximum Gasteiger partial charge on any atom is 0.433 e. The number of amides is 1. The van der Waals surface area contributed by atoms with Gasteiger partial charge in [0.1, 0.15) is 0 Å². The lowest BCUT2D eigenvalue weighted by Crippen LogP contribution is -2.17. The first-order chi connectivity index (χ1) is 11.2. The number of oxime groups is 1. The van der Waals surface area contributed by atoms with Gasteiger partial charge in [-0.15, -0.1) is 0 Å². The molecule has 0 aliphatic heterocycles. The van der Waals surface area contributed by atoms with Crippen molar-refractivity contribution >= 4 is 27.7 Å². The SMILES string of the molecule is CNC(=O)O/N=C1\CC(Cc2ccc(Br)cc2)c2ccccc21. The molecule has 5 heteroatoms. The molecule has 1 atom stereocenters. The molecule has 1 aliphatic carbocycles. The zero-order valence-corrected chi connectivity index (χ0v) is 14.3. The summed E-state index contributed by atoms with van der Waals surface area (Å²) in [5.74, 6) is 0.347. The first-order valence-corrected chi connectivity index (χ1v) is 8.26. The summed E-state index contributed by atoms with van der Waals surface area (Å²) in [6.07, 6.45) is 1.15. The number of nitrogens with one attached hydrogen (secondary N) is 1. The van der Waals surface area contributed by atoms with Crippen LogP contribution >= 0.6 is 15.9 Å². The van der Waals surface area contributed by atoms with Crippen LogP contribution in [0.3, 0.4) is 0 Å². The highest BCUT2D eigenvalue weighted by atomic mass is 79.9. The molecule has 1 amide bonds. The summed E-state index contributed by atoms with van der Waals surface area (Å²) in [4.78, 5) is 16.1. The minimum atomic E-state index is -0.550. The van der Waals surface area contributed by atoms with E-state index in [2.05, 4.69) is 56.7 Å². The normalized spacial score (nSPS) is 17.8. The standard InChI is InChI=1S/C18H17BrN2O2/c1-20-18(22)23-21-17-11-13(15-4-2-3-5-16(15)17)10-12-6-8-14(19)9-7-12/h2-9,13H,10-11H2,1H3,(H,20,22)/b21-17+. The van der Waals surface area contributed by atoms with Gasteiger partial charge in [-0.2, -0.15) is 0 Å². The smallest absolute Gasteiger partial charge is 0.323 e. The molecule has 1 N–H and O–H groups in total. The number of benzene rings is 2. The highest BCUT2D eigenvalue weighted by molar-refractivity contribution is 9.10. The number of carbonyl (C=O) groups excluding carboxylic acids is 1. The van der Waals surface area contributed by atoms with Gasteiger partial charge in [0.2, 0.25) is 0 Å². The van der Waals surface area contributed by atoms with Gasteiger partial charge in [-0.05, 0) is 35.6 Å². The lowest BCUT2D eigenvalue weighted by atomic mass is 9.94. The van der Waals surface area contributed by atoms with Gasteiger partial charge in [0.25, 0.3) is 0 Å². The van der Waals surface area contributed by atoms with Crippen molar-refractivity contribution in [3.63, 3.8) is 0 Å². The van der Waals surface area contributed by atoms with Gasteiger partial charge < -0.3 is 5.32 Å². The van der Waals surface area contributed by atoms with Crippen molar-refractivity contribution in [1.29, 1.82) is 0 Å². The molecule has 0 bridgehead atoms. The van der Waals surface area contributed by atoms with Gasteiger partial charge in [0.05, 0.1) is 5.71 Å². The summed E-state index contributed by atoms with van der Waals surface area (Å²) < 4.78 is 1.08. The fourth-order valence-corrected chi connectivity index (χ4v) is 3.15. The molecule has 23 heavy (non-hydrogen) atoms. The third kappa shape index (κ3) is 3.62. The van der Waals surface area contributed by atoms with Crippen molar-refractivity contribution in [3.8, 4) is 0 Å². The predicted molar refractivity (Wildman–Crippen MR) is 93.7 cm³/mol. The summed E-state index contributed by atoms with van der Waals surface area (Å²) in [7, 11) is 1.52. The molecule has 0 saturated heterocycles. The van der Waals surface area contributed by atoms with E-state index in [0.717, 1.165) is 28.6 Å². The highest BCUT2D eigenvalue weighted by Gasteiger charge is 2.28. The van der Waals surface area contributed by atoms with Gasteiger partial charge in [0, 0.05) is 23.5 Å². The van der Waals surface area contributed by atoms with Gasteiger partial charge in [0.15, 0.2) is 0 Å². The Morgan fingerprint density at radius 3 is 2.74 bits per heavy atom. The Bertz CT molecular complexity index is 741. The minimum Gasteiger partial charge on any atom is -0.323 e. The third-order valence-corrected chi connectivity index (χ3v) is 4.52. The molecule has 2 aromatic rings. The van der Waals surface area contributed by atoms with E-state index in [0.29, 0.717) is 5.92 Å². The Morgan fingerprint density at radius 1 is 1.26 bits per heavy atom. The van der Waals surface area contributed by atoms with Crippen molar-refractivity contribution in [2.45, 2.75) is 18.8 Å². The molecule has 0 heterocycles. The molecule has 2 aromatic carbocycles.